The second kappa shape index (κ2) is 10.4. The molecular weight excluding hydrogens is 456 g/mol. The van der Waals surface area contributed by atoms with Crippen molar-refractivity contribution in [1.29, 1.82) is 0 Å². The Balaban J connectivity index is 1.29. The number of thioether (sulfide) groups is 1. The number of carbonyl (C=O) groups excluding carboxylic acids is 2. The van der Waals surface area contributed by atoms with Crippen LogP contribution in [0.3, 0.4) is 0 Å². The fourth-order valence-electron chi connectivity index (χ4n) is 3.93. The third-order valence-corrected chi connectivity index (χ3v) is 6.77. The smallest absolute Gasteiger partial charge is 0.316 e. The molecule has 0 saturated carbocycles. The van der Waals surface area contributed by atoms with Gasteiger partial charge in [0.1, 0.15) is 12.4 Å². The highest BCUT2D eigenvalue weighted by Gasteiger charge is 2.24. The molecule has 180 valence electrons. The van der Waals surface area contributed by atoms with Crippen LogP contribution in [0.4, 0.5) is 0 Å². The second-order valence-corrected chi connectivity index (χ2v) is 9.26. The number of hydrogen-bond acceptors (Lipinski definition) is 8. The van der Waals surface area contributed by atoms with E-state index >= 15 is 0 Å². The number of carbonyl (C=O) groups is 2. The molecule has 0 spiro atoms. The minimum Gasteiger partial charge on any atom is -0.486 e. The standard InChI is InChI=1S/C25H28N2O6S/c1-15-9-20(17(3)27(15)10-19-11-30-23-7-5-6-8-24(23)32-19)22(28)12-31-25(29)14-34-13-21-16(2)26-33-18(21)4/h5-9,19H,10-14H2,1-4H3. The Hall–Kier alpha value is -3.20. The van der Waals surface area contributed by atoms with E-state index in [9.17, 15) is 9.59 Å². The van der Waals surface area contributed by atoms with Crippen molar-refractivity contribution in [1.82, 2.24) is 9.72 Å². The van der Waals surface area contributed by atoms with Crippen molar-refractivity contribution in [3.8, 4) is 11.5 Å². The van der Waals surface area contributed by atoms with Crippen LogP contribution >= 0.6 is 11.8 Å². The first-order valence-corrected chi connectivity index (χ1v) is 12.2. The zero-order valence-electron chi connectivity index (χ0n) is 19.8. The maximum atomic E-state index is 12.8. The quantitative estimate of drug-likeness (QED) is 0.329. The Labute approximate surface area is 202 Å². The molecule has 0 amide bonds. The maximum absolute atomic E-state index is 12.8. The normalized spacial score (nSPS) is 14.8. The molecule has 3 heterocycles. The summed E-state index contributed by atoms with van der Waals surface area (Å²) in [7, 11) is 0. The highest BCUT2D eigenvalue weighted by molar-refractivity contribution is 7.99. The van der Waals surface area contributed by atoms with Crippen LogP contribution in [0.1, 0.15) is 38.8 Å². The van der Waals surface area contributed by atoms with Gasteiger partial charge in [-0.15, -0.1) is 11.8 Å². The molecule has 0 fully saturated rings. The Bertz CT molecular complexity index is 1180. The number of rotatable bonds is 9. The van der Waals surface area contributed by atoms with Crippen molar-refractivity contribution in [2.45, 2.75) is 46.1 Å². The zero-order valence-corrected chi connectivity index (χ0v) is 20.6. The lowest BCUT2D eigenvalue weighted by Crippen LogP contribution is -2.33. The van der Waals surface area contributed by atoms with Gasteiger partial charge in [-0.25, -0.2) is 0 Å². The number of hydrogen-bond donors (Lipinski definition) is 0. The molecule has 3 aromatic rings. The molecule has 0 radical (unpaired) electrons. The largest absolute Gasteiger partial charge is 0.486 e. The van der Waals surface area contributed by atoms with Gasteiger partial charge in [0.15, 0.2) is 24.2 Å². The number of ether oxygens (including phenoxy) is 3. The number of nitrogens with zero attached hydrogens (tertiary/aromatic N) is 2. The molecule has 1 unspecified atom stereocenters. The van der Waals surface area contributed by atoms with Crippen LogP contribution in [0.2, 0.25) is 0 Å². The number of aryl methyl sites for hydroxylation is 3. The van der Waals surface area contributed by atoms with E-state index in [1.165, 1.54) is 11.8 Å². The Morgan fingerprint density at radius 1 is 1.18 bits per heavy atom. The van der Waals surface area contributed by atoms with Gasteiger partial charge in [-0.1, -0.05) is 17.3 Å². The number of fused-ring (bicyclic) bond motifs is 1. The molecular formula is C25H28N2O6S. The van der Waals surface area contributed by atoms with E-state index in [0.717, 1.165) is 39.9 Å². The van der Waals surface area contributed by atoms with Crippen molar-refractivity contribution in [2.75, 3.05) is 19.0 Å². The molecule has 34 heavy (non-hydrogen) atoms. The van der Waals surface area contributed by atoms with E-state index in [1.54, 1.807) is 0 Å². The minimum absolute atomic E-state index is 0.150. The van der Waals surface area contributed by atoms with Crippen molar-refractivity contribution >= 4 is 23.5 Å². The van der Waals surface area contributed by atoms with Crippen molar-refractivity contribution < 1.29 is 28.3 Å². The summed E-state index contributed by atoms with van der Waals surface area (Å²) in [4.78, 5) is 24.9. The van der Waals surface area contributed by atoms with Gasteiger partial charge in [-0.2, -0.15) is 0 Å². The summed E-state index contributed by atoms with van der Waals surface area (Å²) in [5.74, 6) is 2.30. The fraction of sp³-hybridized carbons (Fsp3) is 0.400. The van der Waals surface area contributed by atoms with Crippen molar-refractivity contribution in [3.05, 3.63) is 64.3 Å². The SMILES string of the molecule is Cc1noc(C)c1CSCC(=O)OCC(=O)c1cc(C)n(CC2COc3ccccc3O2)c1C. The van der Waals surface area contributed by atoms with Crippen LogP contribution in [0.25, 0.3) is 0 Å². The van der Waals surface area contributed by atoms with E-state index in [2.05, 4.69) is 5.16 Å². The van der Waals surface area contributed by atoms with Gasteiger partial charge in [0.05, 0.1) is 18.0 Å². The van der Waals surface area contributed by atoms with Gasteiger partial charge in [-0.05, 0) is 45.9 Å². The molecule has 1 aliphatic heterocycles. The first-order chi connectivity index (χ1) is 16.3. The average Bonchev–Trinajstić information content (AvgIpc) is 3.30. The maximum Gasteiger partial charge on any atom is 0.316 e. The Morgan fingerprint density at radius 2 is 1.94 bits per heavy atom. The summed E-state index contributed by atoms with van der Waals surface area (Å²) in [5, 5.41) is 3.91. The van der Waals surface area contributed by atoms with Gasteiger partial charge in [-0.3, -0.25) is 9.59 Å². The predicted molar refractivity (Wildman–Crippen MR) is 128 cm³/mol. The minimum atomic E-state index is -0.426. The fourth-order valence-corrected chi connectivity index (χ4v) is 4.90. The summed E-state index contributed by atoms with van der Waals surface area (Å²) in [5.41, 5.74) is 4.10. The van der Waals surface area contributed by atoms with Crippen LogP contribution < -0.4 is 9.47 Å². The lowest BCUT2D eigenvalue weighted by molar-refractivity contribution is -0.139. The van der Waals surface area contributed by atoms with Gasteiger partial charge in [0.25, 0.3) is 0 Å². The van der Waals surface area contributed by atoms with Crippen LogP contribution in [0, 0.1) is 27.7 Å². The second-order valence-electron chi connectivity index (χ2n) is 8.27. The number of ketones is 1. The van der Waals surface area contributed by atoms with E-state index in [-0.39, 0.29) is 24.2 Å². The molecule has 4 rings (SSSR count). The van der Waals surface area contributed by atoms with Crippen molar-refractivity contribution in [2.24, 2.45) is 0 Å². The summed E-state index contributed by atoms with van der Waals surface area (Å²) in [6.07, 6.45) is -0.171. The number of esters is 1. The van der Waals surface area contributed by atoms with Gasteiger partial charge in [0.2, 0.25) is 5.78 Å². The molecule has 1 aromatic carbocycles. The average molecular weight is 485 g/mol. The van der Waals surface area contributed by atoms with E-state index < -0.39 is 5.97 Å². The third-order valence-electron chi connectivity index (χ3n) is 5.84. The van der Waals surface area contributed by atoms with Gasteiger partial charge >= 0.3 is 5.97 Å². The van der Waals surface area contributed by atoms with Crippen LogP contribution in [-0.4, -0.2) is 46.5 Å². The van der Waals surface area contributed by atoms with Crippen LogP contribution in [0.5, 0.6) is 11.5 Å². The Kier molecular flexibility index (Phi) is 7.31. The number of benzene rings is 1. The first-order valence-electron chi connectivity index (χ1n) is 11.1. The molecule has 0 aliphatic carbocycles. The third kappa shape index (κ3) is 5.30. The van der Waals surface area contributed by atoms with Crippen molar-refractivity contribution in [3.63, 3.8) is 0 Å². The molecule has 8 nitrogen and oxygen atoms in total. The van der Waals surface area contributed by atoms with Gasteiger partial charge < -0.3 is 23.3 Å². The summed E-state index contributed by atoms with van der Waals surface area (Å²) in [6.45, 7) is 8.24. The lowest BCUT2D eigenvalue weighted by atomic mass is 10.1. The zero-order chi connectivity index (χ0) is 24.2. The molecule has 1 atom stereocenters. The van der Waals surface area contributed by atoms with E-state index in [4.69, 9.17) is 18.7 Å². The van der Waals surface area contributed by atoms with E-state index in [1.807, 2.05) is 62.6 Å². The van der Waals surface area contributed by atoms with Crippen LogP contribution in [0.15, 0.2) is 34.9 Å². The van der Waals surface area contributed by atoms with Gasteiger partial charge in [0, 0.05) is 28.3 Å². The highest BCUT2D eigenvalue weighted by atomic mass is 32.2. The molecule has 2 aromatic heterocycles. The lowest BCUT2D eigenvalue weighted by Gasteiger charge is -2.27. The summed E-state index contributed by atoms with van der Waals surface area (Å²) in [6, 6.07) is 9.41. The number of para-hydroxylation sites is 2. The van der Waals surface area contributed by atoms with Crippen LogP contribution in [-0.2, 0) is 21.8 Å². The molecule has 9 heteroatoms. The Morgan fingerprint density at radius 3 is 2.68 bits per heavy atom. The molecule has 1 aliphatic rings. The highest BCUT2D eigenvalue weighted by Crippen LogP contribution is 2.31. The monoisotopic (exact) mass is 484 g/mol. The first kappa shape index (κ1) is 23.9. The summed E-state index contributed by atoms with van der Waals surface area (Å²) < 4.78 is 24.3. The number of Topliss-reactive ketones (excluding diaryl/α,β-unsaturated/α-hetero) is 1. The predicted octanol–water partition coefficient (Wildman–Crippen LogP) is 4.21. The molecule has 0 bridgehead atoms. The number of aromatic nitrogens is 2. The van der Waals surface area contributed by atoms with E-state index in [0.29, 0.717) is 24.5 Å². The topological polar surface area (TPSA) is 92.8 Å². The summed E-state index contributed by atoms with van der Waals surface area (Å²) >= 11 is 1.40. The molecule has 0 N–H and O–H groups in total. The molecule has 0 saturated heterocycles.